The monoisotopic (exact) mass is 1080 g/mol. The minimum Gasteiger partial charge on any atom is -0.376 e. The third-order valence-corrected chi connectivity index (χ3v) is 16.5. The molecule has 3 aliphatic heterocycles. The maximum absolute atomic E-state index is 14.3. The summed E-state index contributed by atoms with van der Waals surface area (Å²) in [7, 11) is 3.34. The standard InChI is InChI=1S/C58H86N10O10/c1-35(2)51(63-53(71)37(5)59-7)57(75)67-33-41(31-47(67)55(73)61-45-21-13-17-39-15-9-11-19-43(39)45)77-29-23-49(69)65-25-27-66(28-26-65)50(70)24-30-78-42-32-48(56(74)62-46-22-14-18-40-16-10-12-20-44(40)46)68(34-42)58(76)52(36(3)4)64-54(72)38(6)60-8/h9-12,15-16,19-20,35-38,41-42,45-48,51-52,59-60H,13-14,17-18,21-34H2,1-8H3,(H,61,73)(H,62,74)(H,63,71)(H,64,72)/t37-,38-,41-,42-,45+,46+,47-,48-,51-,52-/m0/s1. The van der Waals surface area contributed by atoms with Gasteiger partial charge >= 0.3 is 0 Å². The number of benzene rings is 2. The van der Waals surface area contributed by atoms with Gasteiger partial charge in [0.15, 0.2) is 0 Å². The summed E-state index contributed by atoms with van der Waals surface area (Å²) in [5, 5.41) is 18.1. The molecule has 3 saturated heterocycles. The molecule has 2 aliphatic carbocycles. The highest BCUT2D eigenvalue weighted by atomic mass is 16.5. The van der Waals surface area contributed by atoms with Crippen molar-refractivity contribution in [3.63, 3.8) is 0 Å². The van der Waals surface area contributed by atoms with Crippen molar-refractivity contribution >= 4 is 47.3 Å². The van der Waals surface area contributed by atoms with Gasteiger partial charge in [0, 0.05) is 52.1 Å². The van der Waals surface area contributed by atoms with Gasteiger partial charge in [-0.1, -0.05) is 76.2 Å². The summed E-state index contributed by atoms with van der Waals surface area (Å²) in [6.45, 7) is 12.6. The number of aryl methyl sites for hydroxylation is 2. The molecule has 0 bridgehead atoms. The van der Waals surface area contributed by atoms with Crippen LogP contribution in [0.5, 0.6) is 0 Å². The molecule has 78 heavy (non-hydrogen) atoms. The van der Waals surface area contributed by atoms with Crippen molar-refractivity contribution in [2.45, 2.75) is 166 Å². The molecule has 0 aromatic heterocycles. The van der Waals surface area contributed by atoms with Gasteiger partial charge in [-0.05, 0) is 101 Å². The number of nitrogens with one attached hydrogen (secondary N) is 6. The number of amides is 8. The largest absolute Gasteiger partial charge is 0.376 e. The van der Waals surface area contributed by atoms with Gasteiger partial charge in [-0.2, -0.15) is 0 Å². The number of piperazine rings is 1. The summed E-state index contributed by atoms with van der Waals surface area (Å²) in [4.78, 5) is 117. The van der Waals surface area contributed by atoms with Crippen LogP contribution < -0.4 is 31.9 Å². The number of carbonyl (C=O) groups excluding carboxylic acids is 8. The number of likely N-dealkylation sites (tertiary alicyclic amines) is 2. The molecular formula is C58H86N10O10. The Morgan fingerprint density at radius 3 is 1.28 bits per heavy atom. The van der Waals surface area contributed by atoms with Crippen LogP contribution in [0.15, 0.2) is 48.5 Å². The third-order valence-electron chi connectivity index (χ3n) is 16.5. The first-order chi connectivity index (χ1) is 37.4. The highest BCUT2D eigenvalue weighted by Gasteiger charge is 2.46. The van der Waals surface area contributed by atoms with Crippen molar-refractivity contribution < 1.29 is 47.8 Å². The number of hydrogen-bond acceptors (Lipinski definition) is 12. The molecule has 0 spiro atoms. The van der Waals surface area contributed by atoms with E-state index in [2.05, 4.69) is 44.0 Å². The summed E-state index contributed by atoms with van der Waals surface area (Å²) >= 11 is 0. The van der Waals surface area contributed by atoms with Gasteiger partial charge in [-0.3, -0.25) is 38.4 Å². The molecule has 8 amide bonds. The molecule has 428 valence electrons. The average molecular weight is 1080 g/mol. The van der Waals surface area contributed by atoms with E-state index >= 15 is 0 Å². The number of carbonyl (C=O) groups is 8. The molecular weight excluding hydrogens is 997 g/mol. The summed E-state index contributed by atoms with van der Waals surface area (Å²) in [6.07, 6.45) is 4.82. The van der Waals surface area contributed by atoms with Crippen LogP contribution in [0.4, 0.5) is 0 Å². The third kappa shape index (κ3) is 14.8. The van der Waals surface area contributed by atoms with Crippen molar-refractivity contribution in [1.82, 2.24) is 51.5 Å². The van der Waals surface area contributed by atoms with E-state index in [4.69, 9.17) is 9.47 Å². The molecule has 0 unspecified atom stereocenters. The van der Waals surface area contributed by atoms with Gasteiger partial charge in [0.25, 0.3) is 0 Å². The fourth-order valence-electron chi connectivity index (χ4n) is 11.5. The Labute approximate surface area is 460 Å². The molecule has 6 N–H and O–H groups in total. The Morgan fingerprint density at radius 1 is 0.551 bits per heavy atom. The Bertz CT molecular complexity index is 2280. The first-order valence-corrected chi connectivity index (χ1v) is 28.5. The summed E-state index contributed by atoms with van der Waals surface area (Å²) in [5.41, 5.74) is 4.54. The molecule has 0 radical (unpaired) electrons. The van der Waals surface area contributed by atoms with Gasteiger partial charge < -0.3 is 61.0 Å². The molecule has 5 aliphatic rings. The highest BCUT2D eigenvalue weighted by molar-refractivity contribution is 5.95. The van der Waals surface area contributed by atoms with E-state index in [-0.39, 0.29) is 123 Å². The fraction of sp³-hybridized carbons (Fsp3) is 0.655. The van der Waals surface area contributed by atoms with Crippen LogP contribution in [0, 0.1) is 11.8 Å². The fourth-order valence-corrected chi connectivity index (χ4v) is 11.5. The molecule has 0 saturated carbocycles. The lowest BCUT2D eigenvalue weighted by molar-refractivity contribution is -0.143. The lowest BCUT2D eigenvalue weighted by atomic mass is 9.87. The topological polar surface area (TPSA) is 240 Å². The molecule has 3 fully saturated rings. The Hall–Kier alpha value is -5.96. The van der Waals surface area contributed by atoms with Crippen LogP contribution in [0.1, 0.15) is 127 Å². The van der Waals surface area contributed by atoms with Gasteiger partial charge in [0.1, 0.15) is 24.2 Å². The van der Waals surface area contributed by atoms with E-state index in [0.717, 1.165) is 49.7 Å². The van der Waals surface area contributed by atoms with Gasteiger partial charge in [-0.15, -0.1) is 0 Å². The van der Waals surface area contributed by atoms with E-state index < -0.39 is 48.5 Å². The first kappa shape index (κ1) is 59.7. The summed E-state index contributed by atoms with van der Waals surface area (Å²) in [6, 6.07) is 11.3. The summed E-state index contributed by atoms with van der Waals surface area (Å²) < 4.78 is 12.5. The van der Waals surface area contributed by atoms with Crippen LogP contribution in [0.25, 0.3) is 0 Å². The van der Waals surface area contributed by atoms with E-state index in [1.165, 1.54) is 20.9 Å². The molecule has 2 aromatic rings. The second-order valence-electron chi connectivity index (χ2n) is 22.5. The Kier molecular flexibility index (Phi) is 21.2. The van der Waals surface area contributed by atoms with Crippen molar-refractivity contribution in [3.8, 4) is 0 Å². The zero-order valence-corrected chi connectivity index (χ0v) is 47.1. The zero-order valence-electron chi connectivity index (χ0n) is 47.1. The minimum atomic E-state index is -0.872. The molecule has 7 rings (SSSR count). The Morgan fingerprint density at radius 2 is 0.923 bits per heavy atom. The molecule has 10 atom stereocenters. The van der Waals surface area contributed by atoms with E-state index in [9.17, 15) is 38.4 Å². The molecule has 20 nitrogen and oxygen atoms in total. The predicted octanol–water partition coefficient (Wildman–Crippen LogP) is 2.29. The number of hydrogen-bond donors (Lipinski definition) is 6. The summed E-state index contributed by atoms with van der Waals surface area (Å²) in [5.74, 6) is -2.74. The quantitative estimate of drug-likeness (QED) is 0.0997. The number of fused-ring (bicyclic) bond motifs is 2. The smallest absolute Gasteiger partial charge is 0.246 e. The van der Waals surface area contributed by atoms with Crippen LogP contribution in [-0.4, -0.2) is 182 Å². The van der Waals surface area contributed by atoms with Gasteiger partial charge in [0.05, 0.1) is 62.4 Å². The number of ether oxygens (including phenoxy) is 2. The molecule has 2 aromatic carbocycles. The maximum Gasteiger partial charge on any atom is 0.246 e. The highest BCUT2D eigenvalue weighted by Crippen LogP contribution is 2.33. The van der Waals surface area contributed by atoms with E-state index in [1.54, 1.807) is 37.7 Å². The van der Waals surface area contributed by atoms with Crippen molar-refractivity contribution in [3.05, 3.63) is 70.8 Å². The van der Waals surface area contributed by atoms with Crippen molar-refractivity contribution in [2.75, 3.05) is 66.6 Å². The normalized spacial score (nSPS) is 23.7. The van der Waals surface area contributed by atoms with Crippen LogP contribution in [-0.2, 0) is 60.7 Å². The van der Waals surface area contributed by atoms with Crippen LogP contribution >= 0.6 is 0 Å². The molecule has 20 heteroatoms. The SMILES string of the molecule is CN[C@@H](C)C(=O)N[C@H](C(=O)N1C[C@@H](OCCC(=O)N2CCN(C(=O)CCO[C@H]3C[C@@H](C(=O)N[C@@H]4CCCc5ccccc54)N(C(=O)[C@@H](NC(=O)[C@H](C)NC)C(C)C)C3)CC2)C[C@H]1C(=O)N[C@@H]1CCCc2ccccc21)C(C)C. The lowest BCUT2D eigenvalue weighted by Gasteiger charge is -2.35. The Balaban J connectivity index is 0.898. The second kappa shape index (κ2) is 27.8. The molecule has 3 heterocycles. The minimum absolute atomic E-state index is 0.0694. The van der Waals surface area contributed by atoms with Crippen LogP contribution in [0.3, 0.4) is 0 Å². The number of rotatable bonds is 22. The van der Waals surface area contributed by atoms with Gasteiger partial charge in [-0.25, -0.2) is 0 Å². The second-order valence-corrected chi connectivity index (χ2v) is 22.5. The van der Waals surface area contributed by atoms with Crippen LogP contribution in [0.2, 0.25) is 0 Å². The average Bonchev–Trinajstić information content (AvgIpc) is 4.15. The number of nitrogens with zero attached hydrogens (tertiary/aromatic N) is 4. The van der Waals surface area contributed by atoms with E-state index in [1.807, 2.05) is 64.1 Å². The maximum atomic E-state index is 14.3. The van der Waals surface area contributed by atoms with E-state index in [0.29, 0.717) is 26.2 Å². The predicted molar refractivity (Wildman–Crippen MR) is 293 cm³/mol. The number of likely N-dealkylation sites (N-methyl/N-ethyl adjacent to an activating group) is 2. The first-order valence-electron chi connectivity index (χ1n) is 28.5. The zero-order chi connectivity index (χ0) is 56.2. The lowest BCUT2D eigenvalue weighted by Crippen LogP contribution is -2.57. The van der Waals surface area contributed by atoms with Crippen molar-refractivity contribution in [2.24, 2.45) is 11.8 Å². The van der Waals surface area contributed by atoms with Crippen molar-refractivity contribution in [1.29, 1.82) is 0 Å². The van der Waals surface area contributed by atoms with Gasteiger partial charge in [0.2, 0.25) is 47.3 Å².